The molecule has 19 heavy (non-hydrogen) atoms. The Morgan fingerprint density at radius 3 is 2.74 bits per heavy atom. The van der Waals surface area contributed by atoms with E-state index in [9.17, 15) is 14.9 Å². The van der Waals surface area contributed by atoms with Crippen LogP contribution in [-0.2, 0) is 4.74 Å². The number of nitro benzene ring substituents is 1. The molecule has 0 unspecified atom stereocenters. The van der Waals surface area contributed by atoms with Gasteiger partial charge in [-0.3, -0.25) is 10.1 Å². The zero-order valence-corrected chi connectivity index (χ0v) is 11.1. The Morgan fingerprint density at radius 1 is 1.53 bits per heavy atom. The molecule has 1 rings (SSSR count). The lowest BCUT2D eigenvalue weighted by molar-refractivity contribution is -0.385. The summed E-state index contributed by atoms with van der Waals surface area (Å²) >= 11 is 0. The number of ether oxygens (including phenoxy) is 1. The van der Waals surface area contributed by atoms with Gasteiger partial charge in [0.1, 0.15) is 0 Å². The van der Waals surface area contributed by atoms with E-state index in [0.717, 1.165) is 6.54 Å². The SMILES string of the molecule is CCN(C)/C=C/c1ccc(C(=O)OC)cc1[N+](=O)[O-]. The molecule has 0 aromatic heterocycles. The van der Waals surface area contributed by atoms with Gasteiger partial charge >= 0.3 is 5.97 Å². The van der Waals surface area contributed by atoms with Crippen LogP contribution in [0.15, 0.2) is 24.4 Å². The van der Waals surface area contributed by atoms with Crippen LogP contribution in [0.5, 0.6) is 0 Å². The molecule has 6 heteroatoms. The Hall–Kier alpha value is -2.37. The van der Waals surface area contributed by atoms with Gasteiger partial charge in [0.2, 0.25) is 0 Å². The van der Waals surface area contributed by atoms with Crippen molar-refractivity contribution in [3.8, 4) is 0 Å². The maximum atomic E-state index is 11.3. The van der Waals surface area contributed by atoms with Crippen LogP contribution in [0.2, 0.25) is 0 Å². The van der Waals surface area contributed by atoms with Gasteiger partial charge in [-0.15, -0.1) is 0 Å². The number of carbonyl (C=O) groups excluding carboxylic acids is 1. The average Bonchev–Trinajstić information content (AvgIpc) is 2.43. The molecule has 0 N–H and O–H groups in total. The third kappa shape index (κ3) is 3.80. The highest BCUT2D eigenvalue weighted by atomic mass is 16.6. The van der Waals surface area contributed by atoms with E-state index in [4.69, 9.17) is 0 Å². The van der Waals surface area contributed by atoms with Gasteiger partial charge in [0.05, 0.1) is 23.2 Å². The van der Waals surface area contributed by atoms with Gasteiger partial charge < -0.3 is 9.64 Å². The first-order valence-corrected chi connectivity index (χ1v) is 5.74. The van der Waals surface area contributed by atoms with Gasteiger partial charge in [0.15, 0.2) is 0 Å². The number of nitrogens with zero attached hydrogens (tertiary/aromatic N) is 2. The number of hydrogen-bond acceptors (Lipinski definition) is 5. The number of methoxy groups -OCH3 is 1. The smallest absolute Gasteiger partial charge is 0.338 e. The van der Waals surface area contributed by atoms with Crippen LogP contribution in [0.3, 0.4) is 0 Å². The predicted octanol–water partition coefficient (Wildman–Crippen LogP) is 2.30. The molecule has 0 fully saturated rings. The standard InChI is InChI=1S/C13H16N2O4/c1-4-14(2)8-7-10-5-6-11(13(16)19-3)9-12(10)15(17)18/h5-9H,4H2,1-3H3/b8-7+. The summed E-state index contributed by atoms with van der Waals surface area (Å²) in [6, 6.07) is 4.26. The van der Waals surface area contributed by atoms with Crippen LogP contribution in [0, 0.1) is 10.1 Å². The van der Waals surface area contributed by atoms with Crippen LogP contribution in [0.4, 0.5) is 5.69 Å². The highest BCUT2D eigenvalue weighted by Crippen LogP contribution is 2.22. The van der Waals surface area contributed by atoms with Crippen molar-refractivity contribution in [2.75, 3.05) is 20.7 Å². The zero-order chi connectivity index (χ0) is 14.4. The fourth-order valence-electron chi connectivity index (χ4n) is 1.40. The summed E-state index contributed by atoms with van der Waals surface area (Å²) in [5.74, 6) is -0.593. The Morgan fingerprint density at radius 2 is 2.21 bits per heavy atom. The van der Waals surface area contributed by atoms with E-state index in [1.165, 1.54) is 25.3 Å². The third-order valence-electron chi connectivity index (χ3n) is 2.66. The van der Waals surface area contributed by atoms with Crippen molar-refractivity contribution >= 4 is 17.7 Å². The number of hydrogen-bond donors (Lipinski definition) is 0. The Balaban J connectivity index is 3.15. The molecular weight excluding hydrogens is 248 g/mol. The number of benzene rings is 1. The maximum Gasteiger partial charge on any atom is 0.338 e. The van der Waals surface area contributed by atoms with Crippen molar-refractivity contribution in [2.24, 2.45) is 0 Å². The van der Waals surface area contributed by atoms with Crippen LogP contribution < -0.4 is 0 Å². The van der Waals surface area contributed by atoms with Crippen molar-refractivity contribution in [3.05, 3.63) is 45.6 Å². The Labute approximate surface area is 111 Å². The molecule has 0 spiro atoms. The number of rotatable bonds is 5. The minimum Gasteiger partial charge on any atom is -0.465 e. The molecule has 1 aromatic rings. The van der Waals surface area contributed by atoms with Gasteiger partial charge in [0, 0.05) is 19.7 Å². The van der Waals surface area contributed by atoms with E-state index in [1.807, 2.05) is 18.9 Å². The lowest BCUT2D eigenvalue weighted by atomic mass is 10.1. The molecular formula is C13H16N2O4. The maximum absolute atomic E-state index is 11.3. The molecule has 0 saturated heterocycles. The predicted molar refractivity (Wildman–Crippen MR) is 71.8 cm³/mol. The fourth-order valence-corrected chi connectivity index (χ4v) is 1.40. The lowest BCUT2D eigenvalue weighted by Gasteiger charge is -2.09. The summed E-state index contributed by atoms with van der Waals surface area (Å²) in [5, 5.41) is 11.0. The van der Waals surface area contributed by atoms with Crippen LogP contribution in [-0.4, -0.2) is 36.5 Å². The topological polar surface area (TPSA) is 72.7 Å². The molecule has 0 atom stereocenters. The van der Waals surface area contributed by atoms with E-state index >= 15 is 0 Å². The Bertz CT molecular complexity index is 511. The van der Waals surface area contributed by atoms with Crippen molar-refractivity contribution in [3.63, 3.8) is 0 Å². The highest BCUT2D eigenvalue weighted by Gasteiger charge is 2.16. The second-order valence-corrected chi connectivity index (χ2v) is 3.91. The molecule has 0 aliphatic carbocycles. The van der Waals surface area contributed by atoms with E-state index in [0.29, 0.717) is 5.56 Å². The number of nitro groups is 1. The van der Waals surface area contributed by atoms with Gasteiger partial charge in [-0.1, -0.05) is 0 Å². The van der Waals surface area contributed by atoms with Crippen molar-refractivity contribution in [1.82, 2.24) is 4.90 Å². The summed E-state index contributed by atoms with van der Waals surface area (Å²) < 4.78 is 4.54. The first-order chi connectivity index (χ1) is 8.99. The van der Waals surface area contributed by atoms with Crippen LogP contribution >= 0.6 is 0 Å². The molecule has 0 radical (unpaired) electrons. The van der Waals surface area contributed by atoms with E-state index in [1.54, 1.807) is 12.3 Å². The molecule has 6 nitrogen and oxygen atoms in total. The lowest BCUT2D eigenvalue weighted by Crippen LogP contribution is -2.08. The number of carbonyl (C=O) groups is 1. The molecule has 0 amide bonds. The summed E-state index contributed by atoms with van der Waals surface area (Å²) in [6.45, 7) is 2.77. The largest absolute Gasteiger partial charge is 0.465 e. The molecule has 0 saturated carbocycles. The van der Waals surface area contributed by atoms with E-state index in [2.05, 4.69) is 4.74 Å². The quantitative estimate of drug-likeness (QED) is 0.463. The molecule has 0 aliphatic rings. The molecule has 0 bridgehead atoms. The molecule has 0 aliphatic heterocycles. The van der Waals surface area contributed by atoms with Crippen molar-refractivity contribution in [2.45, 2.75) is 6.92 Å². The van der Waals surface area contributed by atoms with Gasteiger partial charge in [-0.25, -0.2) is 4.79 Å². The first kappa shape index (κ1) is 14.7. The molecule has 102 valence electrons. The van der Waals surface area contributed by atoms with Gasteiger partial charge in [-0.2, -0.15) is 0 Å². The normalized spacial score (nSPS) is 10.5. The summed E-state index contributed by atoms with van der Waals surface area (Å²) in [6.07, 6.45) is 3.39. The van der Waals surface area contributed by atoms with Crippen molar-refractivity contribution < 1.29 is 14.5 Å². The molecule has 0 heterocycles. The number of esters is 1. The zero-order valence-electron chi connectivity index (χ0n) is 11.1. The van der Waals surface area contributed by atoms with Gasteiger partial charge in [-0.05, 0) is 31.3 Å². The highest BCUT2D eigenvalue weighted by molar-refractivity contribution is 5.90. The second kappa shape index (κ2) is 6.53. The van der Waals surface area contributed by atoms with E-state index in [-0.39, 0.29) is 11.3 Å². The summed E-state index contributed by atoms with van der Waals surface area (Å²) in [7, 11) is 3.10. The minimum absolute atomic E-state index is 0.122. The Kier molecular flexibility index (Phi) is 5.05. The first-order valence-electron chi connectivity index (χ1n) is 5.74. The van der Waals surface area contributed by atoms with Crippen LogP contribution in [0.25, 0.3) is 6.08 Å². The average molecular weight is 264 g/mol. The summed E-state index contributed by atoms with van der Waals surface area (Å²) in [5.41, 5.74) is 0.483. The van der Waals surface area contributed by atoms with Crippen LogP contribution in [0.1, 0.15) is 22.8 Å². The second-order valence-electron chi connectivity index (χ2n) is 3.91. The fraction of sp³-hybridized carbons (Fsp3) is 0.308. The van der Waals surface area contributed by atoms with E-state index < -0.39 is 10.9 Å². The summed E-state index contributed by atoms with van der Waals surface area (Å²) in [4.78, 5) is 23.7. The third-order valence-corrected chi connectivity index (χ3v) is 2.66. The molecule has 1 aromatic carbocycles. The van der Waals surface area contributed by atoms with Gasteiger partial charge in [0.25, 0.3) is 5.69 Å². The monoisotopic (exact) mass is 264 g/mol. The minimum atomic E-state index is -0.593. The van der Waals surface area contributed by atoms with Crippen molar-refractivity contribution in [1.29, 1.82) is 0 Å².